The zero-order chi connectivity index (χ0) is 18.9. The second kappa shape index (κ2) is 6.15. The Hall–Kier alpha value is -0.200. The molecule has 5 rings (SSSR count). The Bertz CT molecular complexity index is 545. The predicted octanol–water partition coefficient (Wildman–Crippen LogP) is 4.03. The van der Waals surface area contributed by atoms with Crippen LogP contribution in [0.2, 0.25) is 0 Å². The highest BCUT2D eigenvalue weighted by Gasteiger charge is 2.69. The summed E-state index contributed by atoms with van der Waals surface area (Å²) < 4.78 is 12.9. The van der Waals surface area contributed by atoms with Crippen molar-refractivity contribution in [3.05, 3.63) is 0 Å². The molecule has 5 fully saturated rings. The average Bonchev–Trinajstić information content (AvgIpc) is 2.77. The summed E-state index contributed by atoms with van der Waals surface area (Å²) in [6, 6.07) is 0. The van der Waals surface area contributed by atoms with Crippen LogP contribution in [0.4, 0.5) is 0 Å². The number of ether oxygens (including phenoxy) is 2. The Morgan fingerprint density at radius 3 is 2.50 bits per heavy atom. The van der Waals surface area contributed by atoms with E-state index in [1.807, 2.05) is 6.92 Å². The molecule has 0 amide bonds. The molecule has 150 valence electrons. The van der Waals surface area contributed by atoms with E-state index < -0.39 is 23.8 Å². The summed E-state index contributed by atoms with van der Waals surface area (Å²) in [6.45, 7) is 12.8. The first kappa shape index (κ1) is 19.1. The van der Waals surface area contributed by atoms with Gasteiger partial charge in [0.05, 0.1) is 12.2 Å². The predicted molar refractivity (Wildman–Crippen MR) is 96.9 cm³/mol. The summed E-state index contributed by atoms with van der Waals surface area (Å²) in [4.78, 5) is 12.0. The molecule has 4 heterocycles. The van der Waals surface area contributed by atoms with Crippen LogP contribution >= 0.6 is 0 Å². The smallest absolute Gasteiger partial charge is 0.201 e. The maximum atomic E-state index is 10.7. The third-order valence-corrected chi connectivity index (χ3v) is 7.75. The molecule has 0 aromatic carbocycles. The van der Waals surface area contributed by atoms with Gasteiger partial charge < -0.3 is 14.6 Å². The molecule has 4 saturated heterocycles. The fourth-order valence-electron chi connectivity index (χ4n) is 5.82. The zero-order valence-corrected chi connectivity index (χ0v) is 17.2. The molecule has 0 aromatic rings. The first-order valence-electron chi connectivity index (χ1n) is 10.4. The van der Waals surface area contributed by atoms with Crippen molar-refractivity contribution in [3.63, 3.8) is 0 Å². The Balaban J connectivity index is 1.66. The van der Waals surface area contributed by atoms with Crippen LogP contribution in [0.5, 0.6) is 0 Å². The van der Waals surface area contributed by atoms with Gasteiger partial charge in [0.15, 0.2) is 11.9 Å². The quantitative estimate of drug-likeness (QED) is 0.746. The van der Waals surface area contributed by atoms with E-state index in [0.717, 1.165) is 19.3 Å². The van der Waals surface area contributed by atoms with Gasteiger partial charge in [-0.15, -0.1) is 0 Å². The first-order chi connectivity index (χ1) is 12.1. The lowest BCUT2D eigenvalue weighted by atomic mass is 9.57. The number of hydrogen-bond acceptors (Lipinski definition) is 5. The summed E-state index contributed by atoms with van der Waals surface area (Å²) in [7, 11) is 0. The molecule has 5 heteroatoms. The highest BCUT2D eigenvalue weighted by atomic mass is 17.3. The van der Waals surface area contributed by atoms with Gasteiger partial charge in [0, 0.05) is 18.8 Å². The van der Waals surface area contributed by atoms with Crippen LogP contribution in [0.3, 0.4) is 0 Å². The van der Waals surface area contributed by atoms with Crippen LogP contribution < -0.4 is 0 Å². The number of aliphatic hydroxyl groups is 1. The topological polar surface area (TPSA) is 57.2 Å². The highest BCUT2D eigenvalue weighted by molar-refractivity contribution is 5.10. The lowest BCUT2D eigenvalue weighted by Crippen LogP contribution is -2.70. The second-order valence-electron chi connectivity index (χ2n) is 10.6. The van der Waals surface area contributed by atoms with Crippen molar-refractivity contribution in [1.29, 1.82) is 0 Å². The molecule has 1 saturated carbocycles. The third kappa shape index (κ3) is 2.77. The number of rotatable bonds is 2. The maximum absolute atomic E-state index is 10.7. The van der Waals surface area contributed by atoms with Crippen molar-refractivity contribution in [1.82, 2.24) is 0 Å². The van der Waals surface area contributed by atoms with Gasteiger partial charge in [0.25, 0.3) is 0 Å². The molecule has 26 heavy (non-hydrogen) atoms. The van der Waals surface area contributed by atoms with E-state index in [9.17, 15) is 5.11 Å². The molecule has 1 N–H and O–H groups in total. The maximum Gasteiger partial charge on any atom is 0.201 e. The standard InChI is InChI=1S/C21H36O5/c1-12-7-8-15-13(2)16(11-17(22)19(3,4)5)23-18-21(15)14(12)9-10-20(6,24-18)25-26-21/h12-18,22H,7-11H2,1-6H3/t12-,13-,14+,15+,16-,17?,18-,20+,21-/m1/s1. The van der Waals surface area contributed by atoms with Gasteiger partial charge in [-0.25, -0.2) is 9.78 Å². The molecule has 9 atom stereocenters. The molecular weight excluding hydrogens is 332 g/mol. The molecule has 1 aliphatic carbocycles. The van der Waals surface area contributed by atoms with Crippen molar-refractivity contribution in [2.45, 2.75) is 104 Å². The third-order valence-electron chi connectivity index (χ3n) is 7.75. The van der Waals surface area contributed by atoms with E-state index in [1.54, 1.807) is 0 Å². The van der Waals surface area contributed by atoms with Gasteiger partial charge in [0.2, 0.25) is 5.79 Å². The van der Waals surface area contributed by atoms with E-state index in [-0.39, 0.29) is 11.5 Å². The summed E-state index contributed by atoms with van der Waals surface area (Å²) >= 11 is 0. The highest BCUT2D eigenvalue weighted by Crippen LogP contribution is 2.60. The fourth-order valence-corrected chi connectivity index (χ4v) is 5.82. The van der Waals surface area contributed by atoms with E-state index in [4.69, 9.17) is 19.2 Å². The zero-order valence-electron chi connectivity index (χ0n) is 17.2. The minimum absolute atomic E-state index is 0.0227. The second-order valence-corrected chi connectivity index (χ2v) is 10.6. The Labute approximate surface area is 157 Å². The van der Waals surface area contributed by atoms with Crippen molar-refractivity contribution in [2.24, 2.45) is 29.1 Å². The minimum Gasteiger partial charge on any atom is -0.392 e. The number of aliphatic hydroxyl groups excluding tert-OH is 1. The van der Waals surface area contributed by atoms with E-state index in [1.165, 1.54) is 6.42 Å². The van der Waals surface area contributed by atoms with Crippen molar-refractivity contribution in [3.8, 4) is 0 Å². The summed E-state index contributed by atoms with van der Waals surface area (Å²) in [6.07, 6.45) is 4.00. The van der Waals surface area contributed by atoms with Crippen molar-refractivity contribution >= 4 is 0 Å². The van der Waals surface area contributed by atoms with E-state index >= 15 is 0 Å². The molecule has 5 aliphatic rings. The SMILES string of the molecule is C[C@H]1[C@@H](CC(O)C(C)(C)C)O[C@@H]2O[C@]3(C)CC[C@H]4[C@H](C)CC[C@@H]1[C@@]24OO3. The number of fused-ring (bicyclic) bond motifs is 2. The molecule has 5 nitrogen and oxygen atoms in total. The fraction of sp³-hybridized carbons (Fsp3) is 1.00. The van der Waals surface area contributed by atoms with Gasteiger partial charge in [-0.3, -0.25) is 0 Å². The van der Waals surface area contributed by atoms with Crippen molar-refractivity contribution in [2.75, 3.05) is 0 Å². The summed E-state index contributed by atoms with van der Waals surface area (Å²) in [5, 5.41) is 10.7. The van der Waals surface area contributed by atoms with Crippen LogP contribution in [0, 0.1) is 29.1 Å². The molecule has 2 bridgehead atoms. The van der Waals surface area contributed by atoms with Gasteiger partial charge in [0.1, 0.15) is 0 Å². The minimum atomic E-state index is -0.731. The van der Waals surface area contributed by atoms with Gasteiger partial charge in [-0.05, 0) is 49.4 Å². The van der Waals surface area contributed by atoms with Crippen LogP contribution in [-0.4, -0.2) is 35.0 Å². The molecule has 4 aliphatic heterocycles. The summed E-state index contributed by atoms with van der Waals surface area (Å²) in [5.41, 5.74) is -0.660. The van der Waals surface area contributed by atoms with Crippen LogP contribution in [0.25, 0.3) is 0 Å². The monoisotopic (exact) mass is 368 g/mol. The van der Waals surface area contributed by atoms with Gasteiger partial charge in [-0.1, -0.05) is 34.6 Å². The van der Waals surface area contributed by atoms with Crippen LogP contribution in [-0.2, 0) is 19.2 Å². The molecule has 1 unspecified atom stereocenters. The lowest BCUT2D eigenvalue weighted by Gasteiger charge is -2.60. The Kier molecular flexibility index (Phi) is 4.52. The van der Waals surface area contributed by atoms with Crippen molar-refractivity contribution < 1.29 is 24.4 Å². The first-order valence-corrected chi connectivity index (χ1v) is 10.4. The molecule has 0 aromatic heterocycles. The summed E-state index contributed by atoms with van der Waals surface area (Å²) in [5.74, 6) is 0.876. The van der Waals surface area contributed by atoms with Crippen LogP contribution in [0.1, 0.15) is 73.6 Å². The van der Waals surface area contributed by atoms with E-state index in [0.29, 0.717) is 30.1 Å². The number of hydrogen-bond donors (Lipinski definition) is 1. The largest absolute Gasteiger partial charge is 0.392 e. The normalized spacial score (nSPS) is 52.3. The Morgan fingerprint density at radius 2 is 1.81 bits per heavy atom. The Morgan fingerprint density at radius 1 is 1.08 bits per heavy atom. The van der Waals surface area contributed by atoms with E-state index in [2.05, 4.69) is 34.6 Å². The van der Waals surface area contributed by atoms with Gasteiger partial charge >= 0.3 is 0 Å². The van der Waals surface area contributed by atoms with Crippen LogP contribution in [0.15, 0.2) is 0 Å². The molecular formula is C21H36O5. The average molecular weight is 369 g/mol. The lowest BCUT2D eigenvalue weighted by molar-refractivity contribution is -0.571. The molecule has 0 radical (unpaired) electrons. The molecule has 1 spiro atoms. The van der Waals surface area contributed by atoms with Gasteiger partial charge in [-0.2, -0.15) is 0 Å².